The number of piperidine rings is 1. The Morgan fingerprint density at radius 2 is 1.90 bits per heavy atom. The van der Waals surface area contributed by atoms with Crippen molar-refractivity contribution in [3.8, 4) is 5.75 Å². The number of nitrogens with zero attached hydrogens (tertiary/aromatic N) is 5. The summed E-state index contributed by atoms with van der Waals surface area (Å²) in [4.78, 5) is 22.7. The molecule has 1 fully saturated rings. The second kappa shape index (κ2) is 9.11. The highest BCUT2D eigenvalue weighted by atomic mass is 16.5. The summed E-state index contributed by atoms with van der Waals surface area (Å²) >= 11 is 0. The lowest BCUT2D eigenvalue weighted by molar-refractivity contribution is -0.141. The van der Waals surface area contributed by atoms with E-state index in [1.54, 1.807) is 24.3 Å². The second-order valence-corrected chi connectivity index (χ2v) is 7.63. The molecule has 8 heteroatoms. The van der Waals surface area contributed by atoms with Gasteiger partial charge in [0.15, 0.2) is 5.65 Å². The topological polar surface area (TPSA) is 82.4 Å². The van der Waals surface area contributed by atoms with Crippen molar-refractivity contribution in [2.24, 2.45) is 5.92 Å². The second-order valence-electron chi connectivity index (χ2n) is 7.63. The average molecular weight is 409 g/mol. The molecule has 1 aliphatic rings. The van der Waals surface area contributed by atoms with Gasteiger partial charge in [0.1, 0.15) is 24.4 Å². The Hall–Kier alpha value is -3.16. The zero-order valence-corrected chi connectivity index (χ0v) is 17.5. The number of esters is 1. The number of fused-ring (bicyclic) bond motifs is 1. The largest absolute Gasteiger partial charge is 0.497 e. The normalized spacial score (nSPS) is 14.8. The summed E-state index contributed by atoms with van der Waals surface area (Å²) in [7, 11) is 3.06. The van der Waals surface area contributed by atoms with Crippen LogP contribution in [-0.4, -0.2) is 53.0 Å². The molecule has 0 amide bonds. The minimum atomic E-state index is -0.349. The Kier molecular flexibility index (Phi) is 6.11. The molecule has 0 unspecified atom stereocenters. The molecule has 0 atom stereocenters. The molecule has 0 bridgehead atoms. The van der Waals surface area contributed by atoms with Gasteiger partial charge in [-0.25, -0.2) is 14.6 Å². The van der Waals surface area contributed by atoms with Crippen LogP contribution in [0.3, 0.4) is 0 Å². The van der Waals surface area contributed by atoms with Crippen LogP contribution in [0.5, 0.6) is 5.75 Å². The fraction of sp³-hybridized carbons (Fsp3) is 0.455. The van der Waals surface area contributed by atoms with Crippen LogP contribution in [0.25, 0.3) is 11.0 Å². The third-order valence-electron chi connectivity index (χ3n) is 5.83. The van der Waals surface area contributed by atoms with Crippen LogP contribution in [0.4, 0.5) is 5.82 Å². The van der Waals surface area contributed by atoms with Crippen LogP contribution >= 0.6 is 0 Å². The molecule has 4 rings (SSSR count). The number of carbonyl (C=O) groups is 1. The molecule has 1 aromatic carbocycles. The molecular weight excluding hydrogens is 382 g/mol. The summed E-state index contributed by atoms with van der Waals surface area (Å²) in [5.41, 5.74) is 2.01. The Morgan fingerprint density at radius 1 is 1.13 bits per heavy atom. The zero-order valence-electron chi connectivity index (χ0n) is 17.5. The fourth-order valence-electron chi connectivity index (χ4n) is 4.03. The molecule has 0 saturated carbocycles. The van der Waals surface area contributed by atoms with E-state index < -0.39 is 0 Å². The van der Waals surface area contributed by atoms with E-state index in [0.29, 0.717) is 11.6 Å². The molecule has 0 radical (unpaired) electrons. The molecule has 2 aromatic heterocycles. The van der Waals surface area contributed by atoms with Gasteiger partial charge >= 0.3 is 5.97 Å². The summed E-state index contributed by atoms with van der Waals surface area (Å²) in [6, 6.07) is 8.35. The maximum absolute atomic E-state index is 11.6. The van der Waals surface area contributed by atoms with Gasteiger partial charge in [0.25, 0.3) is 0 Å². The summed E-state index contributed by atoms with van der Waals surface area (Å²) < 4.78 is 11.5. The molecule has 0 spiro atoms. The molecule has 0 N–H and O–H groups in total. The van der Waals surface area contributed by atoms with Gasteiger partial charge in [-0.1, -0.05) is 12.1 Å². The predicted octanol–water partition coefficient (Wildman–Crippen LogP) is 2.86. The number of aromatic nitrogens is 4. The van der Waals surface area contributed by atoms with Crippen molar-refractivity contribution < 1.29 is 14.3 Å². The first-order valence-electron chi connectivity index (χ1n) is 10.3. The number of hydrogen-bond donors (Lipinski definition) is 0. The number of anilines is 1. The molecular formula is C22H27N5O3. The van der Waals surface area contributed by atoms with E-state index in [0.717, 1.165) is 49.3 Å². The van der Waals surface area contributed by atoms with Crippen molar-refractivity contribution in [1.82, 2.24) is 19.7 Å². The number of rotatable bonds is 7. The summed E-state index contributed by atoms with van der Waals surface area (Å²) in [5.74, 6) is 2.16. The summed E-state index contributed by atoms with van der Waals surface area (Å²) in [6.07, 6.45) is 7.84. The van der Waals surface area contributed by atoms with Crippen LogP contribution in [0.2, 0.25) is 0 Å². The van der Waals surface area contributed by atoms with E-state index in [9.17, 15) is 4.79 Å². The molecule has 30 heavy (non-hydrogen) atoms. The van der Waals surface area contributed by atoms with E-state index in [-0.39, 0.29) is 12.5 Å². The molecule has 8 nitrogen and oxygen atoms in total. The van der Waals surface area contributed by atoms with Gasteiger partial charge < -0.3 is 14.4 Å². The predicted molar refractivity (Wildman–Crippen MR) is 114 cm³/mol. The van der Waals surface area contributed by atoms with Crippen LogP contribution in [0.15, 0.2) is 36.8 Å². The third kappa shape index (κ3) is 4.37. The first-order chi connectivity index (χ1) is 14.7. The smallest absolute Gasteiger partial charge is 0.327 e. The standard InChI is InChI=1S/C22H27N5O3/c1-29-18-7-5-16(6-8-18)3-4-17-9-11-26(12-10-17)21-19-13-25-27(14-20(28)30-2)22(19)24-15-23-21/h5-8,13,15,17H,3-4,9-12,14H2,1-2H3. The van der Waals surface area contributed by atoms with Gasteiger partial charge in [0, 0.05) is 13.1 Å². The quantitative estimate of drug-likeness (QED) is 0.555. The first-order valence-corrected chi connectivity index (χ1v) is 10.3. The van der Waals surface area contributed by atoms with Crippen LogP contribution in [0.1, 0.15) is 24.8 Å². The molecule has 158 valence electrons. The first kappa shape index (κ1) is 20.1. The van der Waals surface area contributed by atoms with Gasteiger partial charge in [0.05, 0.1) is 25.8 Å². The number of hydrogen-bond acceptors (Lipinski definition) is 7. The minimum Gasteiger partial charge on any atom is -0.497 e. The lowest BCUT2D eigenvalue weighted by Gasteiger charge is -2.33. The highest BCUT2D eigenvalue weighted by Gasteiger charge is 2.23. The molecule has 1 aliphatic heterocycles. The van der Waals surface area contributed by atoms with Gasteiger partial charge in [-0.3, -0.25) is 4.79 Å². The minimum absolute atomic E-state index is 0.0455. The lowest BCUT2D eigenvalue weighted by atomic mass is 9.90. The van der Waals surface area contributed by atoms with Gasteiger partial charge in [-0.05, 0) is 49.3 Å². The highest BCUT2D eigenvalue weighted by Crippen LogP contribution is 2.29. The van der Waals surface area contributed by atoms with E-state index in [1.165, 1.54) is 19.1 Å². The van der Waals surface area contributed by atoms with Gasteiger partial charge in [0.2, 0.25) is 0 Å². The Labute approximate surface area is 175 Å². The lowest BCUT2D eigenvalue weighted by Crippen LogP contribution is -2.34. The molecule has 3 aromatic rings. The van der Waals surface area contributed by atoms with E-state index >= 15 is 0 Å². The van der Waals surface area contributed by atoms with Crippen molar-refractivity contribution in [3.05, 3.63) is 42.4 Å². The van der Waals surface area contributed by atoms with Crippen LogP contribution in [0, 0.1) is 5.92 Å². The van der Waals surface area contributed by atoms with Crippen molar-refractivity contribution in [3.63, 3.8) is 0 Å². The average Bonchev–Trinajstić information content (AvgIpc) is 3.21. The molecule has 0 aliphatic carbocycles. The van der Waals surface area contributed by atoms with E-state index in [4.69, 9.17) is 9.47 Å². The maximum Gasteiger partial charge on any atom is 0.327 e. The van der Waals surface area contributed by atoms with Crippen molar-refractivity contribution in [2.75, 3.05) is 32.2 Å². The number of aryl methyl sites for hydroxylation is 1. The van der Waals surface area contributed by atoms with Crippen molar-refractivity contribution in [1.29, 1.82) is 0 Å². The van der Waals surface area contributed by atoms with E-state index in [1.807, 2.05) is 12.1 Å². The number of carbonyl (C=O) groups excluding carboxylic acids is 1. The maximum atomic E-state index is 11.6. The molecule has 1 saturated heterocycles. The van der Waals surface area contributed by atoms with Crippen molar-refractivity contribution in [2.45, 2.75) is 32.2 Å². The van der Waals surface area contributed by atoms with E-state index in [2.05, 4.69) is 32.1 Å². The Balaban J connectivity index is 1.36. The zero-order chi connectivity index (χ0) is 20.9. The summed E-state index contributed by atoms with van der Waals surface area (Å²) in [6.45, 7) is 1.97. The van der Waals surface area contributed by atoms with Crippen LogP contribution in [-0.2, 0) is 22.5 Å². The number of methoxy groups -OCH3 is 2. The summed E-state index contributed by atoms with van der Waals surface area (Å²) in [5, 5.41) is 5.18. The third-order valence-corrected chi connectivity index (χ3v) is 5.83. The van der Waals surface area contributed by atoms with Gasteiger partial charge in [-0.15, -0.1) is 0 Å². The Morgan fingerprint density at radius 3 is 2.60 bits per heavy atom. The SMILES string of the molecule is COC(=O)Cn1ncc2c(N3CCC(CCc4ccc(OC)cc4)CC3)ncnc21. The van der Waals surface area contributed by atoms with Crippen LogP contribution < -0.4 is 9.64 Å². The Bertz CT molecular complexity index is 994. The monoisotopic (exact) mass is 409 g/mol. The number of ether oxygens (including phenoxy) is 2. The number of benzene rings is 1. The van der Waals surface area contributed by atoms with Gasteiger partial charge in [-0.2, -0.15) is 5.10 Å². The fourth-order valence-corrected chi connectivity index (χ4v) is 4.03. The molecule has 3 heterocycles. The highest BCUT2D eigenvalue weighted by molar-refractivity contribution is 5.87. The van der Waals surface area contributed by atoms with Crippen molar-refractivity contribution >= 4 is 22.8 Å².